The first-order valence-electron chi connectivity index (χ1n) is 13.9. The van der Waals surface area contributed by atoms with Gasteiger partial charge in [0.15, 0.2) is 23.0 Å². The highest BCUT2D eigenvalue weighted by atomic mass is 16.6. The van der Waals surface area contributed by atoms with Gasteiger partial charge in [-0.1, -0.05) is 59.4 Å². The second-order valence-electron chi connectivity index (χ2n) is 10.4. The first kappa shape index (κ1) is 33.7. The van der Waals surface area contributed by atoms with Gasteiger partial charge in [-0.3, -0.25) is 0 Å². The Kier molecular flexibility index (Phi) is 12.0. The number of benzene rings is 2. The van der Waals surface area contributed by atoms with Crippen LogP contribution in [0.5, 0.6) is 23.0 Å². The zero-order valence-corrected chi connectivity index (χ0v) is 25.5. The molecule has 42 heavy (non-hydrogen) atoms. The maximum Gasteiger partial charge on any atom is 0.338 e. The van der Waals surface area contributed by atoms with Crippen molar-refractivity contribution < 1.29 is 38.1 Å². The monoisotopic (exact) mass is 576 g/mol. The fourth-order valence-electron chi connectivity index (χ4n) is 3.90. The normalized spacial score (nSPS) is 10.5. The number of ether oxygens (including phenoxy) is 4. The van der Waals surface area contributed by atoms with Crippen molar-refractivity contribution in [3.8, 4) is 23.0 Å². The van der Waals surface area contributed by atoms with Crippen LogP contribution in [-0.4, -0.2) is 23.9 Å². The van der Waals surface area contributed by atoms with E-state index < -0.39 is 23.9 Å². The SMILES string of the molecule is C=C(C)C(=O)Oc1c(CCC)cc2c(OC(=O)C(=C)C)c(OC(=O)C(=C)C)c(CCCCC)cc2c1OC(=O)C(=C)C. The first-order chi connectivity index (χ1) is 19.7. The molecule has 2 rings (SSSR count). The molecule has 0 fully saturated rings. The molecule has 0 amide bonds. The molecule has 8 nitrogen and oxygen atoms in total. The maximum absolute atomic E-state index is 12.9. The van der Waals surface area contributed by atoms with Crippen molar-refractivity contribution in [2.75, 3.05) is 0 Å². The van der Waals surface area contributed by atoms with Crippen molar-refractivity contribution in [2.45, 2.75) is 80.1 Å². The van der Waals surface area contributed by atoms with Gasteiger partial charge < -0.3 is 18.9 Å². The predicted molar refractivity (Wildman–Crippen MR) is 163 cm³/mol. The van der Waals surface area contributed by atoms with Gasteiger partial charge in [-0.05, 0) is 70.2 Å². The van der Waals surface area contributed by atoms with E-state index in [0.29, 0.717) is 41.2 Å². The molecule has 224 valence electrons. The Labute approximate surface area is 247 Å². The summed E-state index contributed by atoms with van der Waals surface area (Å²) in [5.74, 6) is -2.92. The lowest BCUT2D eigenvalue weighted by molar-refractivity contribution is -0.132. The molecule has 0 aliphatic rings. The molecule has 2 aromatic carbocycles. The summed E-state index contributed by atoms with van der Waals surface area (Å²) in [7, 11) is 0. The van der Waals surface area contributed by atoms with Crippen LogP contribution < -0.4 is 18.9 Å². The van der Waals surface area contributed by atoms with Crippen molar-refractivity contribution in [1.29, 1.82) is 0 Å². The van der Waals surface area contributed by atoms with E-state index in [4.69, 9.17) is 18.9 Å². The number of hydrogen-bond acceptors (Lipinski definition) is 8. The summed E-state index contributed by atoms with van der Waals surface area (Å²) in [6, 6.07) is 3.37. The zero-order chi connectivity index (χ0) is 31.7. The lowest BCUT2D eigenvalue weighted by atomic mass is 9.95. The van der Waals surface area contributed by atoms with Crippen molar-refractivity contribution in [2.24, 2.45) is 0 Å². The summed E-state index contributed by atoms with van der Waals surface area (Å²) in [4.78, 5) is 51.3. The van der Waals surface area contributed by atoms with Gasteiger partial charge in [0.25, 0.3) is 0 Å². The molecule has 2 aromatic rings. The second-order valence-corrected chi connectivity index (χ2v) is 10.4. The molecule has 0 aliphatic carbocycles. The molecule has 0 aromatic heterocycles. The summed E-state index contributed by atoms with van der Waals surface area (Å²) >= 11 is 0. The number of hydrogen-bond donors (Lipinski definition) is 0. The number of fused-ring (bicyclic) bond motifs is 1. The standard InChI is InChI=1S/C34H40O8/c1-11-13-14-16-24-18-26-25(30(42-34(38)22(9)10)28(24)40-32(36)20(5)6)17-23(15-12-2)27(39-31(35)19(3)4)29(26)41-33(37)21(7)8/h17-18H,3,5,7,9,11-16H2,1-2,4,6,8,10H3. The van der Waals surface area contributed by atoms with Crippen LogP contribution in [-0.2, 0) is 32.0 Å². The Morgan fingerprint density at radius 3 is 1.17 bits per heavy atom. The molecule has 0 heterocycles. The lowest BCUT2D eigenvalue weighted by Gasteiger charge is -2.22. The van der Waals surface area contributed by atoms with Gasteiger partial charge in [0.1, 0.15) is 0 Å². The Hall–Kier alpha value is -4.46. The van der Waals surface area contributed by atoms with Crippen LogP contribution in [0.3, 0.4) is 0 Å². The predicted octanol–water partition coefficient (Wildman–Crippen LogP) is 7.45. The molecule has 0 N–H and O–H groups in total. The molecule has 0 spiro atoms. The summed E-state index contributed by atoms with van der Waals surface area (Å²) in [6.45, 7) is 24.7. The molecule has 0 aliphatic heterocycles. The van der Waals surface area contributed by atoms with Gasteiger partial charge in [0.2, 0.25) is 0 Å². The maximum atomic E-state index is 12.9. The molecular formula is C34H40O8. The van der Waals surface area contributed by atoms with Crippen LogP contribution in [0.15, 0.2) is 60.7 Å². The molecule has 0 saturated carbocycles. The molecule has 0 saturated heterocycles. The van der Waals surface area contributed by atoms with Crippen LogP contribution in [0.4, 0.5) is 0 Å². The van der Waals surface area contributed by atoms with E-state index in [1.165, 1.54) is 27.7 Å². The minimum Gasteiger partial charge on any atom is -0.419 e. The Morgan fingerprint density at radius 2 is 0.857 bits per heavy atom. The highest BCUT2D eigenvalue weighted by Gasteiger charge is 2.29. The molecule has 0 bridgehead atoms. The summed E-state index contributed by atoms with van der Waals surface area (Å²) in [5, 5.41) is 0.608. The second kappa shape index (κ2) is 15.0. The average molecular weight is 577 g/mol. The molecular weight excluding hydrogens is 536 g/mol. The van der Waals surface area contributed by atoms with Crippen LogP contribution in [0.1, 0.15) is 78.4 Å². The van der Waals surface area contributed by atoms with E-state index in [9.17, 15) is 19.2 Å². The number of carbonyl (C=O) groups excluding carboxylic acids is 4. The first-order valence-corrected chi connectivity index (χ1v) is 13.9. The van der Waals surface area contributed by atoms with E-state index in [-0.39, 0.29) is 45.3 Å². The highest BCUT2D eigenvalue weighted by Crippen LogP contribution is 2.49. The number of esters is 4. The summed E-state index contributed by atoms with van der Waals surface area (Å²) in [5.41, 5.74) is 1.54. The minimum absolute atomic E-state index is 0.0373. The van der Waals surface area contributed by atoms with Crippen LogP contribution in [0.2, 0.25) is 0 Å². The Bertz CT molecular complexity index is 1470. The van der Waals surface area contributed by atoms with E-state index >= 15 is 0 Å². The third-order valence-electron chi connectivity index (χ3n) is 6.15. The van der Waals surface area contributed by atoms with Gasteiger partial charge >= 0.3 is 23.9 Å². The molecule has 0 radical (unpaired) electrons. The van der Waals surface area contributed by atoms with Gasteiger partial charge in [-0.2, -0.15) is 0 Å². The molecule has 0 atom stereocenters. The number of unbranched alkanes of at least 4 members (excludes halogenated alkanes) is 2. The highest BCUT2D eigenvalue weighted by molar-refractivity contribution is 6.04. The Balaban J connectivity index is 3.18. The van der Waals surface area contributed by atoms with Crippen molar-refractivity contribution in [3.63, 3.8) is 0 Å². The molecule has 8 heteroatoms. The zero-order valence-electron chi connectivity index (χ0n) is 25.5. The van der Waals surface area contributed by atoms with Crippen molar-refractivity contribution >= 4 is 34.6 Å². The summed E-state index contributed by atoms with van der Waals surface area (Å²) < 4.78 is 23.1. The quantitative estimate of drug-likeness (QED) is 0.0988. The summed E-state index contributed by atoms with van der Waals surface area (Å²) in [6.07, 6.45) is 3.99. The Morgan fingerprint density at radius 1 is 0.524 bits per heavy atom. The van der Waals surface area contributed by atoms with Crippen molar-refractivity contribution in [1.82, 2.24) is 0 Å². The van der Waals surface area contributed by atoms with E-state index in [0.717, 1.165) is 19.3 Å². The number of rotatable bonds is 14. The minimum atomic E-state index is -0.747. The number of carbonyl (C=O) groups is 4. The fraction of sp³-hybridized carbons (Fsp3) is 0.353. The van der Waals surface area contributed by atoms with E-state index in [2.05, 4.69) is 33.2 Å². The van der Waals surface area contributed by atoms with Crippen LogP contribution in [0.25, 0.3) is 10.8 Å². The third kappa shape index (κ3) is 8.28. The third-order valence-corrected chi connectivity index (χ3v) is 6.15. The largest absolute Gasteiger partial charge is 0.419 e. The van der Waals surface area contributed by atoms with Gasteiger partial charge in [-0.25, -0.2) is 19.2 Å². The topological polar surface area (TPSA) is 105 Å². The average Bonchev–Trinajstić information content (AvgIpc) is 2.91. The van der Waals surface area contributed by atoms with Crippen molar-refractivity contribution in [3.05, 3.63) is 71.9 Å². The fourth-order valence-corrected chi connectivity index (χ4v) is 3.90. The van der Waals surface area contributed by atoms with Crippen LogP contribution in [0, 0.1) is 0 Å². The van der Waals surface area contributed by atoms with Gasteiger partial charge in [0.05, 0.1) is 0 Å². The lowest BCUT2D eigenvalue weighted by Crippen LogP contribution is -2.16. The van der Waals surface area contributed by atoms with Crippen LogP contribution >= 0.6 is 0 Å². The van der Waals surface area contributed by atoms with E-state index in [1.807, 2.05) is 6.92 Å². The molecule has 0 unspecified atom stereocenters. The van der Waals surface area contributed by atoms with Gasteiger partial charge in [-0.15, -0.1) is 0 Å². The number of aryl methyl sites for hydroxylation is 2. The van der Waals surface area contributed by atoms with E-state index in [1.54, 1.807) is 12.1 Å². The smallest absolute Gasteiger partial charge is 0.338 e. The van der Waals surface area contributed by atoms with Gasteiger partial charge in [0, 0.05) is 33.1 Å².